The van der Waals surface area contributed by atoms with Crippen LogP contribution in [0.4, 0.5) is 10.5 Å². The molecule has 3 aromatic rings. The number of carbonyl (C=O) groups excluding carboxylic acids is 3. The number of pyridine rings is 1. The summed E-state index contributed by atoms with van der Waals surface area (Å²) in [6, 6.07) is 5.88. The van der Waals surface area contributed by atoms with E-state index in [9.17, 15) is 27.9 Å². The maximum atomic E-state index is 14.6. The van der Waals surface area contributed by atoms with Crippen molar-refractivity contribution in [2.45, 2.75) is 83.2 Å². The largest absolute Gasteiger partial charge is 0.444 e. The molecule has 2 atom stereocenters. The minimum Gasteiger partial charge on any atom is -0.444 e. The highest BCUT2D eigenvalue weighted by Gasteiger charge is 2.53. The number of fused-ring (bicyclic) bond motifs is 3. The molecule has 1 spiro atoms. The number of nitrogens with one attached hydrogen (secondary N) is 1. The fraction of sp³-hybridized carbons (Fsp3) is 0.615. The van der Waals surface area contributed by atoms with Gasteiger partial charge in [-0.2, -0.15) is 0 Å². The Hall–Kier alpha value is -3.91. The average Bonchev–Trinajstić information content (AvgIpc) is 3.61. The van der Waals surface area contributed by atoms with Crippen LogP contribution in [0.2, 0.25) is 5.02 Å². The second-order valence-corrected chi connectivity index (χ2v) is 18.2. The smallest absolute Gasteiger partial charge is 0.408 e. The Bertz CT molecular complexity index is 2000. The number of rotatable bonds is 20. The third-order valence-electron chi connectivity index (χ3n) is 10.1. The van der Waals surface area contributed by atoms with Gasteiger partial charge in [0.2, 0.25) is 11.8 Å². The lowest BCUT2D eigenvalue weighted by molar-refractivity contribution is -0.139. The van der Waals surface area contributed by atoms with Gasteiger partial charge in [-0.05, 0) is 76.8 Å². The number of ether oxygens (including phenoxy) is 4. The van der Waals surface area contributed by atoms with E-state index < -0.39 is 45.0 Å². The molecule has 1 saturated heterocycles. The lowest BCUT2D eigenvalue weighted by Gasteiger charge is -2.40. The molecule has 17 nitrogen and oxygen atoms in total. The zero-order chi connectivity index (χ0) is 42.1. The predicted octanol–water partition coefficient (Wildman–Crippen LogP) is 2.61. The quantitative estimate of drug-likeness (QED) is 0.140. The van der Waals surface area contributed by atoms with Crippen LogP contribution in [0, 0.1) is 0 Å². The van der Waals surface area contributed by atoms with Crippen LogP contribution in [0.5, 0.6) is 0 Å². The second-order valence-electron chi connectivity index (χ2n) is 15.4. The van der Waals surface area contributed by atoms with Gasteiger partial charge in [-0.25, -0.2) is 18.2 Å². The highest BCUT2D eigenvalue weighted by Crippen LogP contribution is 2.48. The van der Waals surface area contributed by atoms with Gasteiger partial charge in [0.1, 0.15) is 17.5 Å². The molecule has 58 heavy (non-hydrogen) atoms. The van der Waals surface area contributed by atoms with E-state index in [-0.39, 0.29) is 69.9 Å². The molecule has 0 unspecified atom stereocenters. The number of hydrogen-bond donors (Lipinski definition) is 3. The van der Waals surface area contributed by atoms with E-state index in [1.54, 1.807) is 55.1 Å². The van der Waals surface area contributed by atoms with Crippen molar-refractivity contribution in [2.24, 2.45) is 0 Å². The van der Waals surface area contributed by atoms with E-state index in [2.05, 4.69) is 10.3 Å². The fourth-order valence-corrected chi connectivity index (χ4v) is 8.57. The summed E-state index contributed by atoms with van der Waals surface area (Å²) < 4.78 is 49.0. The lowest BCUT2D eigenvalue weighted by atomic mass is 9.74. The van der Waals surface area contributed by atoms with Gasteiger partial charge in [-0.1, -0.05) is 11.6 Å². The summed E-state index contributed by atoms with van der Waals surface area (Å²) in [6.07, 6.45) is 2.15. The molecular weight excluding hydrogens is 796 g/mol. The van der Waals surface area contributed by atoms with E-state index >= 15 is 0 Å². The number of hydrogen-bond acceptors (Lipinski definition) is 13. The number of halogens is 1. The summed E-state index contributed by atoms with van der Waals surface area (Å²) in [4.78, 5) is 53.1. The molecule has 2 aliphatic heterocycles. The molecule has 320 valence electrons. The number of piperidine rings is 1. The number of carbonyl (C=O) groups is 3. The van der Waals surface area contributed by atoms with E-state index in [1.807, 2.05) is 16.7 Å². The number of likely N-dealkylation sites (tertiary alicyclic amines) is 1. The number of anilines is 1. The Labute approximate surface area is 343 Å². The molecule has 0 radical (unpaired) electrons. The van der Waals surface area contributed by atoms with Crippen LogP contribution in [0.3, 0.4) is 0 Å². The van der Waals surface area contributed by atoms with Crippen molar-refractivity contribution in [1.82, 2.24) is 24.8 Å². The summed E-state index contributed by atoms with van der Waals surface area (Å²) in [5, 5.41) is 22.1. The lowest BCUT2D eigenvalue weighted by Crippen LogP contribution is -2.57. The van der Waals surface area contributed by atoms with Gasteiger partial charge in [0.05, 0.1) is 98.7 Å². The summed E-state index contributed by atoms with van der Waals surface area (Å²) >= 11 is 6.33. The van der Waals surface area contributed by atoms with Crippen molar-refractivity contribution in [3.8, 4) is 0 Å². The van der Waals surface area contributed by atoms with Crippen LogP contribution in [-0.4, -0.2) is 145 Å². The van der Waals surface area contributed by atoms with E-state index in [4.69, 9.17) is 40.6 Å². The predicted molar refractivity (Wildman–Crippen MR) is 215 cm³/mol. The van der Waals surface area contributed by atoms with Crippen molar-refractivity contribution in [1.29, 1.82) is 0 Å². The number of amides is 3. The number of benzene rings is 1. The Morgan fingerprint density at radius 1 is 1.02 bits per heavy atom. The maximum absolute atomic E-state index is 14.6. The highest BCUT2D eigenvalue weighted by molar-refractivity contribution is 7.91. The summed E-state index contributed by atoms with van der Waals surface area (Å²) in [7, 11) is -3.45. The van der Waals surface area contributed by atoms with Crippen molar-refractivity contribution in [2.75, 3.05) is 75.7 Å². The van der Waals surface area contributed by atoms with E-state index in [1.165, 1.54) is 6.92 Å². The van der Waals surface area contributed by atoms with Gasteiger partial charge >= 0.3 is 6.09 Å². The average molecular weight is 851 g/mol. The molecule has 1 aromatic carbocycles. The van der Waals surface area contributed by atoms with Gasteiger partial charge in [-0.3, -0.25) is 14.6 Å². The Morgan fingerprint density at radius 2 is 1.69 bits per heavy atom. The number of alkyl carbamates (subject to hydrolysis) is 1. The number of aliphatic hydroxyl groups excluding tert-OH is 2. The fourth-order valence-electron chi connectivity index (χ4n) is 7.26. The van der Waals surface area contributed by atoms with Gasteiger partial charge in [0.25, 0.3) is 0 Å². The maximum Gasteiger partial charge on any atom is 0.408 e. The van der Waals surface area contributed by atoms with Crippen LogP contribution in [0.1, 0.15) is 58.3 Å². The van der Waals surface area contributed by atoms with Crippen LogP contribution in [0.15, 0.2) is 36.7 Å². The molecule has 0 aliphatic carbocycles. The molecule has 2 aliphatic rings. The summed E-state index contributed by atoms with van der Waals surface area (Å²) in [5.74, 6) is -0.325. The van der Waals surface area contributed by atoms with E-state index in [0.717, 1.165) is 11.1 Å². The number of aliphatic hydroxyl groups is 2. The summed E-state index contributed by atoms with van der Waals surface area (Å²) in [6.45, 7) is 8.76. The van der Waals surface area contributed by atoms with Gasteiger partial charge in [0, 0.05) is 30.9 Å². The zero-order valence-electron chi connectivity index (χ0n) is 33.5. The minimum atomic E-state index is -3.45. The van der Waals surface area contributed by atoms with Crippen LogP contribution in [0.25, 0.3) is 11.0 Å². The third kappa shape index (κ3) is 11.4. The van der Waals surface area contributed by atoms with Gasteiger partial charge in [-0.15, -0.1) is 0 Å². The topological polar surface area (TPSA) is 212 Å². The Balaban J connectivity index is 1.24. The minimum absolute atomic E-state index is 0.0345. The van der Waals surface area contributed by atoms with Crippen molar-refractivity contribution >= 4 is 56.1 Å². The molecule has 1 fully saturated rings. The number of sulfone groups is 1. The normalized spacial score (nSPS) is 16.5. The summed E-state index contributed by atoms with van der Waals surface area (Å²) in [5.41, 5.74) is 1.01. The van der Waals surface area contributed by atoms with E-state index in [0.29, 0.717) is 61.3 Å². The molecule has 3 N–H and O–H groups in total. The Morgan fingerprint density at radius 3 is 2.34 bits per heavy atom. The van der Waals surface area contributed by atoms with Crippen LogP contribution >= 0.6 is 11.6 Å². The molecule has 2 aromatic heterocycles. The van der Waals surface area contributed by atoms with Crippen LogP contribution in [-0.2, 0) is 56.9 Å². The number of aromatic nitrogens is 3. The first kappa shape index (κ1) is 45.2. The standard InChI is InChI=1S/C39H55ClN6O11S/c1-27(48)34(43-37(51)57-38(2,3)4)35(49)44-13-9-39(10-14-44)29-8-11-41-25-32(29)46(36(39)50)26-33-42-30-24-28(40)6-7-31(30)45(33)12-5-22-58(52,53)23-21-56-20-19-55-18-17-54-16-15-47/h6-8,11,24-25,27,34,47-48H,5,9-10,12-23,26H2,1-4H3,(H,43,51)/t27-,34+/m1/s1. The highest BCUT2D eigenvalue weighted by atomic mass is 35.5. The molecule has 0 bridgehead atoms. The molecule has 0 saturated carbocycles. The molecule has 5 rings (SSSR count). The number of nitrogens with zero attached hydrogens (tertiary/aromatic N) is 5. The number of imidazole rings is 1. The van der Waals surface area contributed by atoms with Crippen molar-refractivity contribution in [3.63, 3.8) is 0 Å². The first-order valence-corrected chi connectivity index (χ1v) is 21.7. The Kier molecular flexibility index (Phi) is 15.5. The number of aryl methyl sites for hydroxylation is 1. The zero-order valence-corrected chi connectivity index (χ0v) is 35.1. The van der Waals surface area contributed by atoms with Crippen molar-refractivity contribution in [3.05, 3.63) is 53.1 Å². The molecular formula is C39H55ClN6O11S. The SMILES string of the molecule is C[C@@H](O)[C@H](NC(=O)OC(C)(C)C)C(=O)N1CCC2(CC1)C(=O)N(Cc1nc3cc(Cl)ccc3n1CCCS(=O)(=O)CCOCCOCCOCCO)c1cnccc12. The monoisotopic (exact) mass is 850 g/mol. The van der Waals surface area contributed by atoms with Crippen LogP contribution < -0.4 is 10.2 Å². The van der Waals surface area contributed by atoms with Crippen molar-refractivity contribution < 1.29 is 52.0 Å². The first-order chi connectivity index (χ1) is 27.5. The van der Waals surface area contributed by atoms with Gasteiger partial charge in [0.15, 0.2) is 9.84 Å². The molecule has 3 amide bonds. The third-order valence-corrected chi connectivity index (χ3v) is 12.0. The molecule has 19 heteroatoms. The van der Waals surface area contributed by atoms with Gasteiger partial charge < -0.3 is 48.8 Å². The molecule has 4 heterocycles. The second kappa shape index (κ2) is 19.9. The first-order valence-electron chi connectivity index (χ1n) is 19.5.